The Hall–Kier alpha value is -0.730. The highest BCUT2D eigenvalue weighted by atomic mass is 16.5. The summed E-state index contributed by atoms with van der Waals surface area (Å²) in [6.45, 7) is 25.7. The smallest absolute Gasteiger partial charge is 0.257 e. The van der Waals surface area contributed by atoms with Crippen molar-refractivity contribution in [1.29, 1.82) is 0 Å². The number of hydrogen-bond donors (Lipinski definition) is 0. The van der Waals surface area contributed by atoms with Gasteiger partial charge in [-0.25, -0.2) is 0 Å². The zero-order valence-electron chi connectivity index (χ0n) is 33.9. The van der Waals surface area contributed by atoms with Crippen molar-refractivity contribution in [2.24, 2.45) is 23.7 Å². The molecule has 0 aliphatic heterocycles. The average molecular weight is 661 g/mol. The van der Waals surface area contributed by atoms with Gasteiger partial charge in [-0.15, -0.1) is 0 Å². The summed E-state index contributed by atoms with van der Waals surface area (Å²) in [5.41, 5.74) is 0. The van der Waals surface area contributed by atoms with Crippen LogP contribution in [0.5, 0.6) is 0 Å². The third-order valence-electron chi connectivity index (χ3n) is 10.0. The lowest BCUT2D eigenvalue weighted by Crippen LogP contribution is -2.55. The first-order valence-electron chi connectivity index (χ1n) is 19.3. The van der Waals surface area contributed by atoms with Crippen LogP contribution in [0.3, 0.4) is 0 Å². The second-order valence-electron chi connectivity index (χ2n) is 14.9. The van der Waals surface area contributed by atoms with Crippen molar-refractivity contribution in [3.05, 3.63) is 0 Å². The van der Waals surface area contributed by atoms with Crippen LogP contribution in [0.1, 0.15) is 146 Å². The number of carboxylic acid groups (broad SMARTS) is 1. The Kier molecular flexibility index (Phi) is 34.0. The van der Waals surface area contributed by atoms with Crippen molar-refractivity contribution in [3.8, 4) is 0 Å². The normalized spacial score (nSPS) is 21.3. The van der Waals surface area contributed by atoms with Crippen LogP contribution in [0.4, 0.5) is 4.79 Å². The maximum Gasteiger partial charge on any atom is 0.257 e. The van der Waals surface area contributed by atoms with Gasteiger partial charge in [0.15, 0.2) is 13.5 Å². The minimum atomic E-state index is -1.000. The summed E-state index contributed by atoms with van der Waals surface area (Å²) in [5.74, 6) is 4.24. The fourth-order valence-electron chi connectivity index (χ4n) is 5.99. The van der Waals surface area contributed by atoms with Gasteiger partial charge in [0, 0.05) is 14.2 Å². The van der Waals surface area contributed by atoms with Gasteiger partial charge in [0.2, 0.25) is 0 Å². The molecular formula is C39H86N3O4+. The van der Waals surface area contributed by atoms with E-state index in [-0.39, 0.29) is 4.48 Å². The quantitative estimate of drug-likeness (QED) is 0.106. The predicted molar refractivity (Wildman–Crippen MR) is 199 cm³/mol. The summed E-state index contributed by atoms with van der Waals surface area (Å²) < 4.78 is 10.6. The molecule has 2 rings (SSSR count). The number of nitrogens with zero attached hydrogens (tertiary/aromatic N) is 3. The van der Waals surface area contributed by atoms with Crippen molar-refractivity contribution < 1.29 is 28.3 Å². The maximum atomic E-state index is 10.3. The van der Waals surface area contributed by atoms with Gasteiger partial charge in [-0.05, 0) is 63.6 Å². The van der Waals surface area contributed by atoms with Crippen LogP contribution < -0.4 is 5.11 Å². The topological polar surface area (TPSA) is 61.8 Å². The number of unbranched alkanes of at least 4 members (excludes halogenated alkanes) is 3. The van der Waals surface area contributed by atoms with E-state index in [9.17, 15) is 9.90 Å². The Bertz CT molecular complexity index is 600. The highest BCUT2D eigenvalue weighted by molar-refractivity contribution is 5.53. The highest BCUT2D eigenvalue weighted by Gasteiger charge is 2.24. The molecule has 2 aliphatic rings. The van der Waals surface area contributed by atoms with Crippen LogP contribution >= 0.6 is 0 Å². The highest BCUT2D eigenvalue weighted by Crippen LogP contribution is 2.38. The minimum Gasteiger partial charge on any atom is -0.498 e. The SMILES string of the molecule is CC1CCC(CC2CCC(C)CC2)CC1.CCCCCC.CCN(CC)CC.CC[N+](C)(CC)C(=O)[O-].COC[N+](C)(C)COC. The number of ether oxygens (including phenoxy) is 2. The first kappa shape index (κ1) is 49.7. The summed E-state index contributed by atoms with van der Waals surface area (Å²) in [6, 6.07) is 0. The number of carbonyl (C=O) groups is 1. The number of hydrogen-bond acceptors (Lipinski definition) is 5. The number of amides is 1. The number of carbonyl (C=O) groups excluding carboxylic acids is 1. The third kappa shape index (κ3) is 28.3. The van der Waals surface area contributed by atoms with Crippen molar-refractivity contribution in [1.82, 2.24) is 4.90 Å². The van der Waals surface area contributed by atoms with Crippen LogP contribution in [0.2, 0.25) is 0 Å². The van der Waals surface area contributed by atoms with Crippen LogP contribution in [0.15, 0.2) is 0 Å². The van der Waals surface area contributed by atoms with Crippen molar-refractivity contribution in [2.45, 2.75) is 146 Å². The minimum absolute atomic E-state index is 0. The molecule has 2 saturated carbocycles. The Morgan fingerprint density at radius 2 is 0.978 bits per heavy atom. The largest absolute Gasteiger partial charge is 0.498 e. The molecule has 1 amide bonds. The summed E-state index contributed by atoms with van der Waals surface area (Å²) in [7, 11) is 9.13. The lowest BCUT2D eigenvalue weighted by atomic mass is 9.74. The van der Waals surface area contributed by atoms with Gasteiger partial charge in [0.1, 0.15) is 0 Å². The fraction of sp³-hybridized carbons (Fsp3) is 0.974. The number of rotatable bonds is 14. The van der Waals surface area contributed by atoms with Gasteiger partial charge in [-0.1, -0.05) is 126 Å². The van der Waals surface area contributed by atoms with E-state index in [1.807, 2.05) is 27.9 Å². The van der Waals surface area contributed by atoms with E-state index in [1.165, 1.54) is 96.7 Å². The third-order valence-corrected chi connectivity index (χ3v) is 10.0. The molecule has 0 N–H and O–H groups in total. The van der Waals surface area contributed by atoms with E-state index >= 15 is 0 Å². The van der Waals surface area contributed by atoms with E-state index in [4.69, 9.17) is 9.47 Å². The predicted octanol–water partition coefficient (Wildman–Crippen LogP) is 9.05. The zero-order chi connectivity index (χ0) is 36.0. The van der Waals surface area contributed by atoms with Gasteiger partial charge in [-0.2, -0.15) is 0 Å². The molecule has 280 valence electrons. The standard InChI is InChI=1S/C15H28.C6H16NO2.C6H13NO2.C6H15N.C6H14/c1-12-3-7-14(8-4-12)11-15-9-5-13(2)6-10-15;1-7(2,5-8-3)6-9-4;1-4-7(3,5-2)6(8)9;1-4-7(5-2)6-3;1-3-5-6-4-2/h12-15H,3-11H2,1-2H3;5-6H2,1-4H3;4-5H2,1-3H3;4-6H2,1-3H3;3-6H2,1-2H3/q;+1;;;. The van der Waals surface area contributed by atoms with Crippen LogP contribution in [-0.4, -0.2) is 102 Å². The number of quaternary nitrogens is 2. The molecule has 0 unspecified atom stereocenters. The Labute approximate surface area is 290 Å². The van der Waals surface area contributed by atoms with E-state index in [2.05, 4.69) is 53.4 Å². The summed E-state index contributed by atoms with van der Waals surface area (Å²) in [5, 5.41) is 10.3. The van der Waals surface area contributed by atoms with Gasteiger partial charge < -0.3 is 24.3 Å². The lowest BCUT2D eigenvalue weighted by Gasteiger charge is -2.32. The molecule has 0 aromatic rings. The van der Waals surface area contributed by atoms with Gasteiger partial charge >= 0.3 is 0 Å². The Balaban J connectivity index is -0.000000528. The molecule has 7 heteroatoms. The van der Waals surface area contributed by atoms with Crippen LogP contribution in [-0.2, 0) is 9.47 Å². The molecule has 0 radical (unpaired) electrons. The Morgan fingerprint density at radius 1 is 0.652 bits per heavy atom. The molecular weight excluding hydrogens is 574 g/mol. The molecule has 0 bridgehead atoms. The van der Waals surface area contributed by atoms with Crippen LogP contribution in [0, 0.1) is 23.7 Å². The lowest BCUT2D eigenvalue weighted by molar-refractivity contribution is -0.926. The molecule has 46 heavy (non-hydrogen) atoms. The monoisotopic (exact) mass is 661 g/mol. The van der Waals surface area contributed by atoms with E-state index in [1.54, 1.807) is 27.7 Å². The zero-order valence-corrected chi connectivity index (χ0v) is 33.9. The fourth-order valence-corrected chi connectivity index (χ4v) is 5.99. The average Bonchev–Trinajstić information content (AvgIpc) is 3.03. The van der Waals surface area contributed by atoms with Gasteiger partial charge in [0.25, 0.3) is 6.09 Å². The molecule has 0 heterocycles. The van der Waals surface area contributed by atoms with Crippen molar-refractivity contribution in [2.75, 3.05) is 81.5 Å². The number of methoxy groups -OCH3 is 2. The summed E-state index contributed by atoms with van der Waals surface area (Å²) in [4.78, 5) is 12.7. The molecule has 0 aromatic heterocycles. The molecule has 7 nitrogen and oxygen atoms in total. The van der Waals surface area contributed by atoms with E-state index < -0.39 is 6.09 Å². The first-order valence-corrected chi connectivity index (χ1v) is 19.3. The molecule has 2 fully saturated rings. The summed E-state index contributed by atoms with van der Waals surface area (Å²) in [6.07, 6.45) is 18.3. The Morgan fingerprint density at radius 3 is 1.15 bits per heavy atom. The van der Waals surface area contributed by atoms with Crippen LogP contribution in [0.25, 0.3) is 0 Å². The molecule has 0 atom stereocenters. The maximum absolute atomic E-state index is 10.3. The first-order chi connectivity index (χ1) is 21.7. The van der Waals surface area contributed by atoms with Crippen molar-refractivity contribution >= 4 is 6.09 Å². The molecule has 2 aliphatic carbocycles. The van der Waals surface area contributed by atoms with E-state index in [0.717, 1.165) is 28.2 Å². The van der Waals surface area contributed by atoms with E-state index in [0.29, 0.717) is 26.6 Å². The van der Waals surface area contributed by atoms with Crippen molar-refractivity contribution in [3.63, 3.8) is 0 Å². The second kappa shape index (κ2) is 31.5. The molecule has 0 spiro atoms. The molecule has 0 saturated heterocycles. The molecule has 0 aromatic carbocycles. The summed E-state index contributed by atoms with van der Waals surface area (Å²) >= 11 is 0. The van der Waals surface area contributed by atoms with Gasteiger partial charge in [-0.3, -0.25) is 8.97 Å². The van der Waals surface area contributed by atoms with Gasteiger partial charge in [0.05, 0.1) is 34.2 Å². The second-order valence-corrected chi connectivity index (χ2v) is 14.9.